The molecular formula is C41H74N2O5. The number of aliphatic carboxylic acids is 1. The number of ether oxygens (including phenoxy) is 1. The van der Waals surface area contributed by atoms with Crippen LogP contribution in [-0.2, 0) is 19.1 Å². The average Bonchev–Trinajstić information content (AvgIpc) is 3.07. The molecule has 0 aromatic carbocycles. The number of allylic oxidation sites excluding steroid dienone is 5. The number of amides is 1. The quantitative estimate of drug-likeness (QED) is 0.0350. The minimum atomic E-state index is -1.02. The van der Waals surface area contributed by atoms with Crippen molar-refractivity contribution in [1.82, 2.24) is 5.32 Å². The Bertz CT molecular complexity index is 854. The Hall–Kier alpha value is -2.41. The van der Waals surface area contributed by atoms with Gasteiger partial charge < -0.3 is 20.9 Å². The predicted octanol–water partition coefficient (Wildman–Crippen LogP) is 10.7. The fourth-order valence-electron chi connectivity index (χ4n) is 5.61. The van der Waals surface area contributed by atoms with Crippen molar-refractivity contribution in [1.29, 1.82) is 0 Å². The minimum Gasteiger partial charge on any atom is -0.480 e. The number of carbonyl (C=O) groups is 3. The van der Waals surface area contributed by atoms with Crippen LogP contribution in [0.5, 0.6) is 0 Å². The van der Waals surface area contributed by atoms with Crippen LogP contribution in [0.25, 0.3) is 0 Å². The highest BCUT2D eigenvalue weighted by molar-refractivity contribution is 5.83. The fraction of sp³-hybridized carbons (Fsp3) is 0.780. The van der Waals surface area contributed by atoms with Crippen molar-refractivity contribution >= 4 is 17.8 Å². The van der Waals surface area contributed by atoms with Gasteiger partial charge in [0.1, 0.15) is 12.1 Å². The van der Waals surface area contributed by atoms with E-state index in [4.69, 9.17) is 10.5 Å². The van der Waals surface area contributed by atoms with Gasteiger partial charge in [-0.25, -0.2) is 4.79 Å². The van der Waals surface area contributed by atoms with E-state index in [0.717, 1.165) is 64.2 Å². The van der Waals surface area contributed by atoms with Crippen molar-refractivity contribution in [3.05, 3.63) is 36.5 Å². The molecule has 0 spiro atoms. The van der Waals surface area contributed by atoms with Gasteiger partial charge in [0.15, 0.2) is 0 Å². The molecule has 0 aliphatic heterocycles. The lowest BCUT2D eigenvalue weighted by Crippen LogP contribution is -2.40. The number of carboxylic acids is 1. The second-order valence-electron chi connectivity index (χ2n) is 13.3. The third kappa shape index (κ3) is 32.2. The molecule has 2 atom stereocenters. The highest BCUT2D eigenvalue weighted by Gasteiger charge is 2.19. The molecule has 0 heterocycles. The van der Waals surface area contributed by atoms with Crippen LogP contribution >= 0.6 is 0 Å². The third-order valence-electron chi connectivity index (χ3n) is 8.66. The van der Waals surface area contributed by atoms with Crippen molar-refractivity contribution in [2.75, 3.05) is 6.54 Å². The summed E-state index contributed by atoms with van der Waals surface area (Å²) in [5.41, 5.74) is 5.46. The maximum atomic E-state index is 12.6. The van der Waals surface area contributed by atoms with Crippen molar-refractivity contribution in [2.45, 2.75) is 199 Å². The second kappa shape index (κ2) is 35.9. The van der Waals surface area contributed by atoms with Crippen LogP contribution in [-0.4, -0.2) is 41.6 Å². The Labute approximate surface area is 295 Å². The Morgan fingerprint density at radius 3 is 1.77 bits per heavy atom. The Balaban J connectivity index is 4.00. The highest BCUT2D eigenvalue weighted by atomic mass is 16.5. The zero-order valence-electron chi connectivity index (χ0n) is 31.1. The Morgan fingerprint density at radius 1 is 0.625 bits per heavy atom. The van der Waals surface area contributed by atoms with Crippen LogP contribution in [0.1, 0.15) is 187 Å². The molecule has 0 bridgehead atoms. The number of esters is 1. The van der Waals surface area contributed by atoms with Gasteiger partial charge in [0, 0.05) is 12.8 Å². The molecule has 48 heavy (non-hydrogen) atoms. The van der Waals surface area contributed by atoms with E-state index in [0.29, 0.717) is 38.6 Å². The largest absolute Gasteiger partial charge is 0.480 e. The molecule has 0 aliphatic rings. The summed E-state index contributed by atoms with van der Waals surface area (Å²) in [6.45, 7) is 4.82. The smallest absolute Gasteiger partial charge is 0.326 e. The second-order valence-corrected chi connectivity index (χ2v) is 13.3. The highest BCUT2D eigenvalue weighted by Crippen LogP contribution is 2.15. The predicted molar refractivity (Wildman–Crippen MR) is 202 cm³/mol. The Morgan fingerprint density at radius 2 is 1.17 bits per heavy atom. The average molecular weight is 675 g/mol. The molecule has 2 unspecified atom stereocenters. The SMILES string of the molecule is CCCC/C=C\C(CCCCCCC(=O)NC(CCCN)C(=O)O)OC(=O)CCCCCCCCCCC/C=C\C/C=C\CCCCC. The van der Waals surface area contributed by atoms with Gasteiger partial charge in [-0.05, 0) is 89.7 Å². The number of carboxylic acid groups (broad SMARTS) is 1. The zero-order valence-corrected chi connectivity index (χ0v) is 31.1. The molecule has 1 amide bonds. The van der Waals surface area contributed by atoms with Gasteiger partial charge in [0.05, 0.1) is 0 Å². The molecule has 0 aromatic rings. The van der Waals surface area contributed by atoms with E-state index in [2.05, 4.69) is 55.6 Å². The van der Waals surface area contributed by atoms with E-state index in [1.807, 2.05) is 0 Å². The van der Waals surface area contributed by atoms with E-state index < -0.39 is 12.0 Å². The summed E-state index contributed by atoms with van der Waals surface area (Å²) >= 11 is 0. The summed E-state index contributed by atoms with van der Waals surface area (Å²) in [6, 6.07) is -0.869. The van der Waals surface area contributed by atoms with Gasteiger partial charge in [-0.15, -0.1) is 0 Å². The third-order valence-corrected chi connectivity index (χ3v) is 8.66. The topological polar surface area (TPSA) is 119 Å². The maximum absolute atomic E-state index is 12.6. The lowest BCUT2D eigenvalue weighted by atomic mass is 10.1. The number of carbonyl (C=O) groups excluding carboxylic acids is 2. The molecule has 7 nitrogen and oxygen atoms in total. The molecule has 278 valence electrons. The van der Waals surface area contributed by atoms with Crippen molar-refractivity contribution in [2.24, 2.45) is 5.73 Å². The molecule has 0 rings (SSSR count). The minimum absolute atomic E-state index is 0.100. The standard InChI is InChI=1S/C41H74N2O5/c1-3-5-7-9-10-11-12-13-14-15-16-17-18-19-20-21-22-23-29-35-40(45)48-37(31-26-8-6-4-2)32-27-24-25-28-34-39(44)43-38(41(46)47)33-30-36-42/h10-11,13-14,26,31,37-38H,3-9,12,15-25,27-30,32-36,42H2,1-2H3,(H,43,44)(H,46,47)/b11-10-,14-13-,31-26-. The molecule has 0 aromatic heterocycles. The lowest BCUT2D eigenvalue weighted by Gasteiger charge is -2.15. The van der Waals surface area contributed by atoms with Crippen LogP contribution in [0.15, 0.2) is 36.5 Å². The first-order chi connectivity index (χ1) is 23.4. The van der Waals surface area contributed by atoms with Crippen molar-refractivity contribution < 1.29 is 24.2 Å². The number of hydrogen-bond donors (Lipinski definition) is 3. The zero-order chi connectivity index (χ0) is 35.3. The molecule has 0 saturated heterocycles. The number of rotatable bonds is 35. The van der Waals surface area contributed by atoms with E-state index in [1.165, 1.54) is 77.0 Å². The molecule has 4 N–H and O–H groups in total. The van der Waals surface area contributed by atoms with Crippen molar-refractivity contribution in [3.8, 4) is 0 Å². The van der Waals surface area contributed by atoms with Gasteiger partial charge in [0.25, 0.3) is 0 Å². The van der Waals surface area contributed by atoms with Gasteiger partial charge >= 0.3 is 11.9 Å². The van der Waals surface area contributed by atoms with Gasteiger partial charge in [0.2, 0.25) is 5.91 Å². The van der Waals surface area contributed by atoms with E-state index in [1.54, 1.807) is 0 Å². The van der Waals surface area contributed by atoms with Crippen LogP contribution in [0, 0.1) is 0 Å². The van der Waals surface area contributed by atoms with Gasteiger partial charge in [-0.1, -0.05) is 128 Å². The van der Waals surface area contributed by atoms with Gasteiger partial charge in [-0.2, -0.15) is 0 Å². The summed E-state index contributed by atoms with van der Waals surface area (Å²) in [4.78, 5) is 36.0. The number of nitrogens with one attached hydrogen (secondary N) is 1. The summed E-state index contributed by atoms with van der Waals surface area (Å²) in [6.07, 6.45) is 40.8. The molecular weight excluding hydrogens is 600 g/mol. The van der Waals surface area contributed by atoms with Crippen LogP contribution in [0.4, 0.5) is 0 Å². The molecule has 0 aliphatic carbocycles. The van der Waals surface area contributed by atoms with Gasteiger partial charge in [-0.3, -0.25) is 9.59 Å². The fourth-order valence-corrected chi connectivity index (χ4v) is 5.61. The van der Waals surface area contributed by atoms with Crippen LogP contribution in [0.2, 0.25) is 0 Å². The Kier molecular flexibility index (Phi) is 34.1. The maximum Gasteiger partial charge on any atom is 0.326 e. The first kappa shape index (κ1) is 45.6. The van der Waals surface area contributed by atoms with Crippen LogP contribution in [0.3, 0.4) is 0 Å². The first-order valence-corrected chi connectivity index (χ1v) is 19.8. The molecule has 7 heteroatoms. The summed E-state index contributed by atoms with van der Waals surface area (Å²) in [5, 5.41) is 11.9. The summed E-state index contributed by atoms with van der Waals surface area (Å²) in [7, 11) is 0. The normalized spacial score (nSPS) is 13.1. The first-order valence-electron chi connectivity index (χ1n) is 19.8. The van der Waals surface area contributed by atoms with E-state index in [-0.39, 0.29) is 18.0 Å². The summed E-state index contributed by atoms with van der Waals surface area (Å²) in [5.74, 6) is -1.34. The van der Waals surface area contributed by atoms with E-state index in [9.17, 15) is 19.5 Å². The van der Waals surface area contributed by atoms with Crippen molar-refractivity contribution in [3.63, 3.8) is 0 Å². The number of hydrogen-bond acceptors (Lipinski definition) is 5. The van der Waals surface area contributed by atoms with Crippen LogP contribution < -0.4 is 11.1 Å². The van der Waals surface area contributed by atoms with E-state index >= 15 is 0 Å². The molecule has 0 fully saturated rings. The molecule has 0 radical (unpaired) electrons. The summed E-state index contributed by atoms with van der Waals surface area (Å²) < 4.78 is 5.85. The molecule has 0 saturated carbocycles. The lowest BCUT2D eigenvalue weighted by molar-refractivity contribution is -0.147. The number of nitrogens with two attached hydrogens (primary N) is 1. The monoisotopic (exact) mass is 675 g/mol. The number of unbranched alkanes of at least 4 members (excludes halogenated alkanes) is 17.